The van der Waals surface area contributed by atoms with Gasteiger partial charge in [0.15, 0.2) is 10.8 Å². The number of fused-ring (bicyclic) bond motifs is 2. The van der Waals surface area contributed by atoms with Gasteiger partial charge in [-0.2, -0.15) is 5.10 Å². The van der Waals surface area contributed by atoms with E-state index in [1.54, 1.807) is 32.5 Å². The lowest BCUT2D eigenvalue weighted by atomic mass is 10.2. The standard InChI is InChI=1S/C19H20ClN5O2S/c1-3-23(4-2)16(26)9-14-11-28-19-22-17-15(18(27)24(14)19)10-21-25(17)13-7-5-12(20)6-8-13/h5-8,10,14H,3-4,9,11H2,1-2H3. The Morgan fingerprint density at radius 1 is 1.29 bits per heavy atom. The minimum absolute atomic E-state index is 0.0623. The summed E-state index contributed by atoms with van der Waals surface area (Å²) in [6.45, 7) is 5.26. The van der Waals surface area contributed by atoms with Gasteiger partial charge in [-0.1, -0.05) is 23.4 Å². The Morgan fingerprint density at radius 3 is 2.68 bits per heavy atom. The molecule has 0 N–H and O–H groups in total. The molecule has 0 radical (unpaired) electrons. The molecule has 0 spiro atoms. The summed E-state index contributed by atoms with van der Waals surface area (Å²) < 4.78 is 3.30. The Bertz CT molecular complexity index is 1090. The summed E-state index contributed by atoms with van der Waals surface area (Å²) in [7, 11) is 0. The SMILES string of the molecule is CCN(CC)C(=O)CC1CSc2nc3c(cnn3-c3ccc(Cl)cc3)c(=O)n21. The van der Waals surface area contributed by atoms with Crippen LogP contribution >= 0.6 is 23.4 Å². The van der Waals surface area contributed by atoms with Crippen LogP contribution in [0.1, 0.15) is 26.3 Å². The van der Waals surface area contributed by atoms with E-state index in [0.29, 0.717) is 46.5 Å². The molecule has 1 amide bonds. The van der Waals surface area contributed by atoms with Crippen molar-refractivity contribution in [3.8, 4) is 5.69 Å². The Labute approximate surface area is 171 Å². The maximum Gasteiger partial charge on any atom is 0.265 e. The van der Waals surface area contributed by atoms with E-state index in [0.717, 1.165) is 5.69 Å². The first-order chi connectivity index (χ1) is 13.5. The van der Waals surface area contributed by atoms with Crippen LogP contribution in [-0.2, 0) is 4.79 Å². The second-order valence-electron chi connectivity index (χ2n) is 6.57. The first-order valence-electron chi connectivity index (χ1n) is 9.20. The van der Waals surface area contributed by atoms with E-state index in [-0.39, 0.29) is 17.5 Å². The van der Waals surface area contributed by atoms with E-state index in [9.17, 15) is 9.59 Å². The first-order valence-corrected chi connectivity index (χ1v) is 10.6. The van der Waals surface area contributed by atoms with Gasteiger partial charge < -0.3 is 4.90 Å². The molecule has 0 saturated heterocycles. The zero-order valence-electron chi connectivity index (χ0n) is 15.6. The highest BCUT2D eigenvalue weighted by Gasteiger charge is 2.30. The van der Waals surface area contributed by atoms with Crippen LogP contribution in [0, 0.1) is 0 Å². The van der Waals surface area contributed by atoms with E-state index in [1.165, 1.54) is 11.8 Å². The highest BCUT2D eigenvalue weighted by Crippen LogP contribution is 2.33. The normalized spacial score (nSPS) is 15.8. The Balaban J connectivity index is 1.73. The minimum atomic E-state index is -0.184. The molecule has 28 heavy (non-hydrogen) atoms. The van der Waals surface area contributed by atoms with Crippen LogP contribution in [0.5, 0.6) is 0 Å². The number of hydrogen-bond acceptors (Lipinski definition) is 5. The van der Waals surface area contributed by atoms with Crippen LogP contribution in [0.2, 0.25) is 5.02 Å². The highest BCUT2D eigenvalue weighted by atomic mass is 35.5. The van der Waals surface area contributed by atoms with Crippen molar-refractivity contribution >= 4 is 40.3 Å². The molecular formula is C19H20ClN5O2S. The Kier molecular flexibility index (Phi) is 5.16. The van der Waals surface area contributed by atoms with Gasteiger partial charge in [-0.15, -0.1) is 0 Å². The molecule has 2 aromatic heterocycles. The van der Waals surface area contributed by atoms with Crippen LogP contribution < -0.4 is 5.56 Å². The van der Waals surface area contributed by atoms with E-state index >= 15 is 0 Å². The van der Waals surface area contributed by atoms with E-state index in [2.05, 4.69) is 10.1 Å². The first kappa shape index (κ1) is 19.0. The number of amides is 1. The van der Waals surface area contributed by atoms with Gasteiger partial charge in [0, 0.05) is 30.3 Å². The molecule has 0 bridgehead atoms. The average Bonchev–Trinajstić information content (AvgIpc) is 3.29. The summed E-state index contributed by atoms with van der Waals surface area (Å²) >= 11 is 7.46. The third-order valence-electron chi connectivity index (χ3n) is 4.97. The Hall–Kier alpha value is -2.32. The molecule has 1 aliphatic rings. The highest BCUT2D eigenvalue weighted by molar-refractivity contribution is 7.99. The number of nitrogens with zero attached hydrogens (tertiary/aromatic N) is 5. The minimum Gasteiger partial charge on any atom is -0.343 e. The van der Waals surface area contributed by atoms with Crippen LogP contribution in [0.3, 0.4) is 0 Å². The summed E-state index contributed by atoms with van der Waals surface area (Å²) in [6, 6.07) is 7.03. The fraction of sp³-hybridized carbons (Fsp3) is 0.368. The third kappa shape index (κ3) is 3.20. The van der Waals surface area contributed by atoms with Crippen LogP contribution in [0.25, 0.3) is 16.7 Å². The van der Waals surface area contributed by atoms with Gasteiger partial charge in [0.25, 0.3) is 5.56 Å². The lowest BCUT2D eigenvalue weighted by Crippen LogP contribution is -2.34. The predicted molar refractivity (Wildman–Crippen MR) is 110 cm³/mol. The quantitative estimate of drug-likeness (QED) is 0.596. The summed E-state index contributed by atoms with van der Waals surface area (Å²) in [5.41, 5.74) is 1.15. The van der Waals surface area contributed by atoms with Crippen LogP contribution in [-0.4, -0.2) is 49.0 Å². The number of carbonyl (C=O) groups is 1. The summed E-state index contributed by atoms with van der Waals surface area (Å²) in [5.74, 6) is 0.725. The molecule has 146 valence electrons. The number of benzene rings is 1. The summed E-state index contributed by atoms with van der Waals surface area (Å²) in [5, 5.41) is 6.06. The number of hydrogen-bond donors (Lipinski definition) is 0. The molecule has 1 atom stereocenters. The topological polar surface area (TPSA) is 73.0 Å². The van der Waals surface area contributed by atoms with Gasteiger partial charge in [-0.25, -0.2) is 9.67 Å². The van der Waals surface area contributed by atoms with Gasteiger partial charge in [-0.3, -0.25) is 14.2 Å². The van der Waals surface area contributed by atoms with Crippen molar-refractivity contribution in [2.24, 2.45) is 0 Å². The number of carbonyl (C=O) groups excluding carboxylic acids is 1. The average molecular weight is 418 g/mol. The van der Waals surface area contributed by atoms with Gasteiger partial charge in [0.1, 0.15) is 5.39 Å². The summed E-state index contributed by atoms with van der Waals surface area (Å²) in [6.07, 6.45) is 1.85. The molecule has 0 fully saturated rings. The van der Waals surface area contributed by atoms with Crippen molar-refractivity contribution in [2.45, 2.75) is 31.5 Å². The van der Waals surface area contributed by atoms with Gasteiger partial charge in [-0.05, 0) is 38.1 Å². The van der Waals surface area contributed by atoms with Crippen LogP contribution in [0.15, 0.2) is 40.4 Å². The zero-order chi connectivity index (χ0) is 19.8. The fourth-order valence-electron chi connectivity index (χ4n) is 3.46. The molecule has 1 aromatic carbocycles. The van der Waals surface area contributed by atoms with Gasteiger partial charge in [0.05, 0.1) is 17.9 Å². The molecule has 7 nitrogen and oxygen atoms in total. The predicted octanol–water partition coefficient (Wildman–Crippen LogP) is 3.14. The molecule has 4 rings (SSSR count). The van der Waals surface area contributed by atoms with Crippen molar-refractivity contribution in [2.75, 3.05) is 18.8 Å². The van der Waals surface area contributed by atoms with Crippen molar-refractivity contribution in [3.05, 3.63) is 45.8 Å². The van der Waals surface area contributed by atoms with E-state index < -0.39 is 0 Å². The van der Waals surface area contributed by atoms with E-state index in [1.807, 2.05) is 26.0 Å². The number of halogens is 1. The Morgan fingerprint density at radius 2 is 2.00 bits per heavy atom. The maximum absolute atomic E-state index is 13.1. The number of thioether (sulfide) groups is 1. The van der Waals surface area contributed by atoms with Gasteiger partial charge >= 0.3 is 0 Å². The molecule has 3 heterocycles. The molecule has 0 aliphatic carbocycles. The van der Waals surface area contributed by atoms with Crippen molar-refractivity contribution in [1.82, 2.24) is 24.2 Å². The lowest BCUT2D eigenvalue weighted by Gasteiger charge is -2.21. The van der Waals surface area contributed by atoms with E-state index in [4.69, 9.17) is 11.6 Å². The second-order valence-corrected chi connectivity index (χ2v) is 8.00. The van der Waals surface area contributed by atoms with Crippen LogP contribution in [0.4, 0.5) is 0 Å². The smallest absolute Gasteiger partial charge is 0.265 e. The molecule has 0 saturated carbocycles. The number of rotatable bonds is 5. The molecule has 1 unspecified atom stereocenters. The fourth-order valence-corrected chi connectivity index (χ4v) is 4.72. The van der Waals surface area contributed by atoms with Gasteiger partial charge in [0.2, 0.25) is 5.91 Å². The third-order valence-corrected chi connectivity index (χ3v) is 6.32. The van der Waals surface area contributed by atoms with Crippen molar-refractivity contribution < 1.29 is 4.79 Å². The molecule has 1 aliphatic heterocycles. The molecule has 3 aromatic rings. The summed E-state index contributed by atoms with van der Waals surface area (Å²) in [4.78, 5) is 32.1. The largest absolute Gasteiger partial charge is 0.343 e. The zero-order valence-corrected chi connectivity index (χ0v) is 17.2. The molecule has 9 heteroatoms. The second kappa shape index (κ2) is 7.60. The number of aromatic nitrogens is 4. The maximum atomic E-state index is 13.1. The monoisotopic (exact) mass is 417 g/mol. The lowest BCUT2D eigenvalue weighted by molar-refractivity contribution is -0.131. The molecular weight excluding hydrogens is 398 g/mol. The van der Waals surface area contributed by atoms with Crippen molar-refractivity contribution in [1.29, 1.82) is 0 Å². The van der Waals surface area contributed by atoms with Crippen molar-refractivity contribution in [3.63, 3.8) is 0 Å².